The molecule has 0 spiro atoms. The van der Waals surface area contributed by atoms with Crippen molar-refractivity contribution in [3.63, 3.8) is 0 Å². The lowest BCUT2D eigenvalue weighted by molar-refractivity contribution is -0.165. The fourth-order valence-corrected chi connectivity index (χ4v) is 4.66. The Morgan fingerprint density at radius 3 is 2.53 bits per heavy atom. The van der Waals surface area contributed by atoms with Gasteiger partial charge in [-0.3, -0.25) is 4.98 Å². The molecule has 1 unspecified atom stereocenters. The minimum absolute atomic E-state index is 0.111. The van der Waals surface area contributed by atoms with Gasteiger partial charge in [-0.25, -0.2) is 4.79 Å². The number of carbonyl (C=O) groups excluding carboxylic acids is 1. The van der Waals surface area contributed by atoms with Crippen molar-refractivity contribution in [3.05, 3.63) is 58.4 Å². The van der Waals surface area contributed by atoms with E-state index in [2.05, 4.69) is 21.7 Å². The molecule has 3 N–H and O–H groups in total. The van der Waals surface area contributed by atoms with E-state index in [9.17, 15) is 9.90 Å². The number of aromatic nitrogens is 1. The van der Waals surface area contributed by atoms with Gasteiger partial charge in [0.05, 0.1) is 13.2 Å². The molecule has 0 radical (unpaired) electrons. The van der Waals surface area contributed by atoms with Gasteiger partial charge in [-0.1, -0.05) is 12.1 Å². The summed E-state index contributed by atoms with van der Waals surface area (Å²) in [6.07, 6.45) is 9.71. The third-order valence-corrected chi connectivity index (χ3v) is 6.21. The molecule has 158 valence electrons. The Morgan fingerprint density at radius 1 is 1.23 bits per heavy atom. The molecule has 7 heteroatoms. The first kappa shape index (κ1) is 20.8. The first-order valence-corrected chi connectivity index (χ1v) is 10.9. The van der Waals surface area contributed by atoms with E-state index in [0.717, 1.165) is 44.2 Å². The summed E-state index contributed by atoms with van der Waals surface area (Å²) in [7, 11) is 0. The fourth-order valence-electron chi connectivity index (χ4n) is 4.48. The topological polar surface area (TPSA) is 83.5 Å². The first-order chi connectivity index (χ1) is 14.5. The zero-order valence-electron chi connectivity index (χ0n) is 17.2. The molecule has 2 aliphatic carbocycles. The zero-order chi connectivity index (χ0) is 21.1. The molecule has 0 saturated carbocycles. The number of nitrogens with one attached hydrogen (secondary N) is 2. The molecule has 0 amide bonds. The Hall–Kier alpha value is -2.51. The van der Waals surface area contributed by atoms with E-state index < -0.39 is 11.6 Å². The van der Waals surface area contributed by atoms with Crippen LogP contribution in [0.4, 0.5) is 5.69 Å². The monoisotopic (exact) mass is 425 g/mol. The van der Waals surface area contributed by atoms with Crippen LogP contribution in [0, 0.1) is 0 Å². The molecular formula is C23H27N3O3S. The number of fused-ring (bicyclic) bond motifs is 2. The van der Waals surface area contributed by atoms with E-state index >= 15 is 0 Å². The van der Waals surface area contributed by atoms with Gasteiger partial charge in [0.15, 0.2) is 5.11 Å². The van der Waals surface area contributed by atoms with Crippen molar-refractivity contribution in [2.24, 2.45) is 0 Å². The van der Waals surface area contributed by atoms with Crippen molar-refractivity contribution < 1.29 is 14.6 Å². The number of hydrogen-bond donors (Lipinski definition) is 3. The van der Waals surface area contributed by atoms with Crippen molar-refractivity contribution in [1.29, 1.82) is 0 Å². The Bertz CT molecular complexity index is 932. The highest BCUT2D eigenvalue weighted by Crippen LogP contribution is 2.38. The number of thiocarbonyl (C=S) groups is 1. The van der Waals surface area contributed by atoms with Crippen LogP contribution in [0.5, 0.6) is 0 Å². The Morgan fingerprint density at radius 2 is 1.93 bits per heavy atom. The van der Waals surface area contributed by atoms with Gasteiger partial charge < -0.3 is 20.5 Å². The van der Waals surface area contributed by atoms with Crippen LogP contribution in [0.25, 0.3) is 0 Å². The van der Waals surface area contributed by atoms with Gasteiger partial charge in [-0.15, -0.1) is 0 Å². The van der Waals surface area contributed by atoms with Crippen LogP contribution in [-0.2, 0) is 40.8 Å². The van der Waals surface area contributed by atoms with E-state index in [-0.39, 0.29) is 13.2 Å². The third-order valence-electron chi connectivity index (χ3n) is 5.97. The van der Waals surface area contributed by atoms with Gasteiger partial charge in [0.25, 0.3) is 0 Å². The molecule has 0 fully saturated rings. The van der Waals surface area contributed by atoms with E-state index in [4.69, 9.17) is 17.0 Å². The first-order valence-electron chi connectivity index (χ1n) is 10.5. The molecule has 1 atom stereocenters. The van der Waals surface area contributed by atoms with E-state index in [0.29, 0.717) is 10.7 Å². The predicted octanol–water partition coefficient (Wildman–Crippen LogP) is 2.80. The number of anilines is 1. The van der Waals surface area contributed by atoms with Crippen molar-refractivity contribution in [3.8, 4) is 0 Å². The number of benzene rings is 1. The summed E-state index contributed by atoms with van der Waals surface area (Å²) in [6.45, 7) is 1.77. The number of nitrogens with zero attached hydrogens (tertiary/aromatic N) is 1. The quantitative estimate of drug-likeness (QED) is 0.485. The van der Waals surface area contributed by atoms with Crippen LogP contribution < -0.4 is 10.6 Å². The number of hydrogen-bond acceptors (Lipinski definition) is 5. The van der Waals surface area contributed by atoms with Crippen LogP contribution in [0.15, 0.2) is 30.6 Å². The molecule has 30 heavy (non-hydrogen) atoms. The highest BCUT2D eigenvalue weighted by molar-refractivity contribution is 7.80. The molecule has 4 rings (SSSR count). The number of carbonyl (C=O) groups is 1. The molecule has 0 aliphatic heterocycles. The number of rotatable bonds is 6. The molecule has 0 bridgehead atoms. The van der Waals surface area contributed by atoms with E-state index in [1.165, 1.54) is 28.5 Å². The smallest absolute Gasteiger partial charge is 0.344 e. The highest BCUT2D eigenvalue weighted by atomic mass is 32.1. The van der Waals surface area contributed by atoms with Gasteiger partial charge in [-0.2, -0.15) is 0 Å². The minimum Gasteiger partial charge on any atom is -0.464 e. The number of aryl methyl sites for hydroxylation is 2. The summed E-state index contributed by atoms with van der Waals surface area (Å²) in [5.41, 5.74) is 5.15. The number of ether oxygens (including phenoxy) is 1. The normalized spacial score (nSPS) is 16.3. The number of esters is 1. The Kier molecular flexibility index (Phi) is 6.01. The molecule has 1 aromatic carbocycles. The van der Waals surface area contributed by atoms with Crippen molar-refractivity contribution in [2.75, 3.05) is 18.5 Å². The second-order valence-electron chi connectivity index (χ2n) is 7.86. The molecule has 2 aromatic rings. The summed E-state index contributed by atoms with van der Waals surface area (Å²) in [4.78, 5) is 16.6. The lowest BCUT2D eigenvalue weighted by Gasteiger charge is -2.27. The number of aliphatic hydroxyl groups is 1. The molecule has 2 aliphatic rings. The minimum atomic E-state index is -1.88. The number of pyridine rings is 1. The van der Waals surface area contributed by atoms with E-state index in [1.807, 2.05) is 0 Å². The van der Waals surface area contributed by atoms with Gasteiger partial charge >= 0.3 is 5.97 Å². The lowest BCUT2D eigenvalue weighted by atomic mass is 9.95. The predicted molar refractivity (Wildman–Crippen MR) is 119 cm³/mol. The molecular weight excluding hydrogens is 398 g/mol. The summed E-state index contributed by atoms with van der Waals surface area (Å²) < 4.78 is 5.11. The SMILES string of the molecule is CCOC(=O)C(O)(CNC(=S)Nc1c2c(cc3c1CCC3)CCC2)c1cccnc1. The van der Waals surface area contributed by atoms with Crippen LogP contribution in [0.2, 0.25) is 0 Å². The second-order valence-corrected chi connectivity index (χ2v) is 8.27. The maximum Gasteiger partial charge on any atom is 0.344 e. The van der Waals surface area contributed by atoms with E-state index in [1.54, 1.807) is 25.3 Å². The molecule has 1 aromatic heterocycles. The Labute approximate surface area is 182 Å². The van der Waals surface area contributed by atoms with Crippen LogP contribution >= 0.6 is 12.2 Å². The summed E-state index contributed by atoms with van der Waals surface area (Å²) in [6, 6.07) is 5.69. The zero-order valence-corrected chi connectivity index (χ0v) is 18.0. The standard InChI is InChI=1S/C23H27N3O3S/c1-2-29-21(27)23(28,17-8-5-11-24-13-17)14-25-22(30)26-20-18-9-3-6-15(18)12-16-7-4-10-19(16)20/h5,8,11-13,28H,2-4,6-7,9-10,14H2,1H3,(H2,25,26,30). The third kappa shape index (κ3) is 3.91. The van der Waals surface area contributed by atoms with Crippen molar-refractivity contribution in [1.82, 2.24) is 10.3 Å². The largest absolute Gasteiger partial charge is 0.464 e. The maximum absolute atomic E-state index is 12.5. The average Bonchev–Trinajstić information content (AvgIpc) is 3.42. The van der Waals surface area contributed by atoms with Gasteiger partial charge in [0.1, 0.15) is 0 Å². The fraction of sp³-hybridized carbons (Fsp3) is 0.435. The molecule has 1 heterocycles. The van der Waals surface area contributed by atoms with Crippen LogP contribution in [-0.4, -0.2) is 34.3 Å². The second kappa shape index (κ2) is 8.70. The summed E-state index contributed by atoms with van der Waals surface area (Å²) in [5.74, 6) is -0.727. The average molecular weight is 426 g/mol. The highest BCUT2D eigenvalue weighted by Gasteiger charge is 2.40. The lowest BCUT2D eigenvalue weighted by Crippen LogP contribution is -2.48. The summed E-state index contributed by atoms with van der Waals surface area (Å²) >= 11 is 5.55. The molecule has 0 saturated heterocycles. The van der Waals surface area contributed by atoms with Crippen LogP contribution in [0.1, 0.15) is 47.6 Å². The van der Waals surface area contributed by atoms with Crippen molar-refractivity contribution in [2.45, 2.75) is 51.0 Å². The van der Waals surface area contributed by atoms with Gasteiger partial charge in [0.2, 0.25) is 5.60 Å². The maximum atomic E-state index is 12.5. The van der Waals surface area contributed by atoms with Crippen LogP contribution in [0.3, 0.4) is 0 Å². The van der Waals surface area contributed by atoms with Crippen molar-refractivity contribution >= 4 is 29.0 Å². The van der Waals surface area contributed by atoms with Gasteiger partial charge in [0, 0.05) is 23.6 Å². The van der Waals surface area contributed by atoms with Gasteiger partial charge in [-0.05, 0) is 86.0 Å². The molecule has 6 nitrogen and oxygen atoms in total. The Balaban J connectivity index is 1.52. The summed E-state index contributed by atoms with van der Waals surface area (Å²) in [5, 5.41) is 17.9.